The lowest BCUT2D eigenvalue weighted by Gasteiger charge is -2.29. The average molecular weight is 799 g/mol. The first kappa shape index (κ1) is 46.0. The summed E-state index contributed by atoms with van der Waals surface area (Å²) in [6.07, 6.45) is 7.64. The summed E-state index contributed by atoms with van der Waals surface area (Å²) in [4.78, 5) is 0. The molecule has 0 aromatic heterocycles. The Balaban J connectivity index is 0.000000228. The maximum Gasteiger partial charge on any atom is 0.0422 e. The molecular formula is C58H74N2. The van der Waals surface area contributed by atoms with Gasteiger partial charge >= 0.3 is 0 Å². The van der Waals surface area contributed by atoms with Gasteiger partial charge in [-0.25, -0.2) is 0 Å². The van der Waals surface area contributed by atoms with Crippen molar-refractivity contribution in [2.45, 2.75) is 130 Å². The van der Waals surface area contributed by atoms with Gasteiger partial charge in [0, 0.05) is 34.6 Å². The molecule has 0 saturated carbocycles. The van der Waals surface area contributed by atoms with Gasteiger partial charge < -0.3 is 10.6 Å². The van der Waals surface area contributed by atoms with Crippen LogP contribution in [-0.4, -0.2) is 0 Å². The molecule has 6 rings (SSSR count). The van der Waals surface area contributed by atoms with Gasteiger partial charge in [0.15, 0.2) is 0 Å². The molecule has 316 valence electrons. The average Bonchev–Trinajstić information content (AvgIpc) is 3.25. The van der Waals surface area contributed by atoms with E-state index in [1.807, 2.05) is 0 Å². The van der Waals surface area contributed by atoms with Crippen molar-refractivity contribution in [2.75, 3.05) is 10.6 Å². The van der Waals surface area contributed by atoms with Crippen LogP contribution < -0.4 is 10.6 Å². The van der Waals surface area contributed by atoms with Crippen LogP contribution in [0, 0.1) is 11.8 Å². The van der Waals surface area contributed by atoms with Crippen molar-refractivity contribution >= 4 is 22.7 Å². The molecule has 6 aromatic carbocycles. The van der Waals surface area contributed by atoms with Gasteiger partial charge in [-0.15, -0.1) is 0 Å². The van der Waals surface area contributed by atoms with Gasteiger partial charge in [-0.3, -0.25) is 0 Å². The number of anilines is 4. The number of nitrogens with one attached hydrogen (secondary N) is 2. The summed E-state index contributed by atoms with van der Waals surface area (Å²) in [5, 5.41) is 7.21. The predicted molar refractivity (Wildman–Crippen MR) is 264 cm³/mol. The molecule has 4 unspecified atom stereocenters. The fourth-order valence-corrected chi connectivity index (χ4v) is 9.20. The SMILES string of the molecule is CC(c1ccccc1)c1ccc(Nc2ccccc2C(C)c2ccccc2)cc1.CCCC(C)CC(C)(C)c1ccc(Nc2ccc(C(C)(C)CC(C)CCC)cc2)cc1. The minimum absolute atomic E-state index is 0.218. The van der Waals surface area contributed by atoms with Crippen molar-refractivity contribution in [1.29, 1.82) is 0 Å². The number of hydrogen-bond donors (Lipinski definition) is 2. The minimum Gasteiger partial charge on any atom is -0.356 e. The van der Waals surface area contributed by atoms with E-state index in [0.717, 1.165) is 34.6 Å². The van der Waals surface area contributed by atoms with Crippen LogP contribution in [0.1, 0.15) is 153 Å². The number of rotatable bonds is 18. The van der Waals surface area contributed by atoms with Crippen LogP contribution >= 0.6 is 0 Å². The van der Waals surface area contributed by atoms with Gasteiger partial charge in [0.25, 0.3) is 0 Å². The molecule has 0 aliphatic heterocycles. The third-order valence-electron chi connectivity index (χ3n) is 12.6. The summed E-state index contributed by atoms with van der Waals surface area (Å²) in [6.45, 7) is 23.4. The maximum atomic E-state index is 3.63. The zero-order valence-electron chi connectivity index (χ0n) is 38.6. The predicted octanol–water partition coefficient (Wildman–Crippen LogP) is 17.4. The second kappa shape index (κ2) is 22.0. The van der Waals surface area contributed by atoms with E-state index < -0.39 is 0 Å². The van der Waals surface area contributed by atoms with E-state index in [4.69, 9.17) is 0 Å². The van der Waals surface area contributed by atoms with Crippen molar-refractivity contribution in [3.8, 4) is 0 Å². The zero-order valence-corrected chi connectivity index (χ0v) is 38.6. The standard InChI is InChI=1S/C30H47N.C28H27N/c1-9-11-23(3)21-29(5,6)25-13-17-27(18-14-25)31-28-19-15-26(16-20-28)30(7,8)22-24(4)12-10-2;1-21(23-11-5-3-6-12-23)25-17-19-26(20-18-25)29-28-16-10-9-15-27(28)22(2)24-13-7-4-8-14-24/h13-20,23-24,31H,9-12,21-22H2,1-8H3;3-22,29H,1-2H3. The Morgan fingerprint density at radius 1 is 0.400 bits per heavy atom. The first-order chi connectivity index (χ1) is 28.8. The number of benzene rings is 6. The molecule has 6 aromatic rings. The second-order valence-electron chi connectivity index (χ2n) is 18.8. The van der Waals surface area contributed by atoms with E-state index in [0.29, 0.717) is 11.8 Å². The first-order valence-electron chi connectivity index (χ1n) is 22.8. The summed E-state index contributed by atoms with van der Waals surface area (Å²) in [6, 6.07) is 56.8. The number of para-hydroxylation sites is 1. The summed E-state index contributed by atoms with van der Waals surface area (Å²) in [7, 11) is 0. The normalized spacial score (nSPS) is 13.6. The molecule has 0 heterocycles. The molecule has 4 atom stereocenters. The molecule has 0 fully saturated rings. The van der Waals surface area contributed by atoms with Gasteiger partial charge in [0.2, 0.25) is 0 Å². The van der Waals surface area contributed by atoms with E-state index in [1.54, 1.807) is 0 Å². The molecule has 0 aliphatic rings. The van der Waals surface area contributed by atoms with E-state index in [2.05, 4.69) is 238 Å². The molecule has 0 saturated heterocycles. The Hall–Kier alpha value is -5.08. The van der Waals surface area contributed by atoms with Gasteiger partial charge in [-0.05, 0) is 111 Å². The van der Waals surface area contributed by atoms with Crippen molar-refractivity contribution in [1.82, 2.24) is 0 Å². The highest BCUT2D eigenvalue weighted by molar-refractivity contribution is 5.65. The summed E-state index contributed by atoms with van der Waals surface area (Å²) >= 11 is 0. The summed E-state index contributed by atoms with van der Waals surface area (Å²) in [5.74, 6) is 2.25. The van der Waals surface area contributed by atoms with Gasteiger partial charge in [-0.2, -0.15) is 0 Å². The molecule has 0 bridgehead atoms. The third kappa shape index (κ3) is 13.2. The van der Waals surface area contributed by atoms with Crippen LogP contribution in [0.25, 0.3) is 0 Å². The summed E-state index contributed by atoms with van der Waals surface area (Å²) < 4.78 is 0. The highest BCUT2D eigenvalue weighted by Crippen LogP contribution is 2.36. The minimum atomic E-state index is 0.218. The molecule has 60 heavy (non-hydrogen) atoms. The number of hydrogen-bond acceptors (Lipinski definition) is 2. The fourth-order valence-electron chi connectivity index (χ4n) is 9.20. The topological polar surface area (TPSA) is 24.1 Å². The van der Waals surface area contributed by atoms with Gasteiger partial charge in [0.05, 0.1) is 0 Å². The Morgan fingerprint density at radius 2 is 0.767 bits per heavy atom. The molecule has 0 aliphatic carbocycles. The smallest absolute Gasteiger partial charge is 0.0422 e. The highest BCUT2D eigenvalue weighted by atomic mass is 14.9. The lowest BCUT2D eigenvalue weighted by atomic mass is 9.76. The van der Waals surface area contributed by atoms with E-state index in [1.165, 1.54) is 71.9 Å². The molecular weight excluding hydrogens is 725 g/mol. The molecule has 2 heteroatoms. The largest absolute Gasteiger partial charge is 0.356 e. The van der Waals surface area contributed by atoms with Crippen molar-refractivity contribution in [3.63, 3.8) is 0 Å². The quantitative estimate of drug-likeness (QED) is 0.0905. The Labute approximate surface area is 365 Å². The highest BCUT2D eigenvalue weighted by Gasteiger charge is 2.24. The lowest BCUT2D eigenvalue weighted by molar-refractivity contribution is 0.361. The fraction of sp³-hybridized carbons (Fsp3) is 0.379. The Kier molecular flexibility index (Phi) is 16.8. The van der Waals surface area contributed by atoms with Crippen LogP contribution in [0.2, 0.25) is 0 Å². The van der Waals surface area contributed by atoms with Crippen molar-refractivity contribution in [2.24, 2.45) is 11.8 Å². The van der Waals surface area contributed by atoms with Crippen molar-refractivity contribution < 1.29 is 0 Å². The van der Waals surface area contributed by atoms with Crippen LogP contribution in [0.5, 0.6) is 0 Å². The molecule has 0 radical (unpaired) electrons. The van der Waals surface area contributed by atoms with Gasteiger partial charge in [0.1, 0.15) is 0 Å². The van der Waals surface area contributed by atoms with Crippen LogP contribution in [-0.2, 0) is 10.8 Å². The maximum absolute atomic E-state index is 3.63. The molecule has 0 amide bonds. The first-order valence-corrected chi connectivity index (χ1v) is 22.8. The van der Waals surface area contributed by atoms with E-state index in [-0.39, 0.29) is 10.8 Å². The van der Waals surface area contributed by atoms with Crippen LogP contribution in [0.15, 0.2) is 158 Å². The summed E-state index contributed by atoms with van der Waals surface area (Å²) in [5.41, 5.74) is 13.2. The molecule has 2 nitrogen and oxygen atoms in total. The Bertz CT molecular complexity index is 2050. The molecule has 0 spiro atoms. The van der Waals surface area contributed by atoms with Gasteiger partial charge in [-0.1, -0.05) is 210 Å². The zero-order chi connectivity index (χ0) is 43.1. The van der Waals surface area contributed by atoms with E-state index >= 15 is 0 Å². The van der Waals surface area contributed by atoms with E-state index in [9.17, 15) is 0 Å². The third-order valence-corrected chi connectivity index (χ3v) is 12.6. The second-order valence-corrected chi connectivity index (χ2v) is 18.8. The lowest BCUT2D eigenvalue weighted by Crippen LogP contribution is -2.20. The van der Waals surface area contributed by atoms with Crippen molar-refractivity contribution in [3.05, 3.63) is 191 Å². The monoisotopic (exact) mass is 799 g/mol. The molecule has 2 N–H and O–H groups in total. The van der Waals surface area contributed by atoms with Crippen LogP contribution in [0.3, 0.4) is 0 Å². The Morgan fingerprint density at radius 3 is 1.22 bits per heavy atom. The van der Waals surface area contributed by atoms with Crippen LogP contribution in [0.4, 0.5) is 22.7 Å².